The minimum atomic E-state index is -3.79. The molecule has 2 aromatic carbocycles. The summed E-state index contributed by atoms with van der Waals surface area (Å²) in [5.41, 5.74) is 1.08. The highest BCUT2D eigenvalue weighted by Crippen LogP contribution is 2.23. The quantitative estimate of drug-likeness (QED) is 0.520. The number of rotatable bonds is 9. The Morgan fingerprint density at radius 3 is 2.25 bits per heavy atom. The van der Waals surface area contributed by atoms with Crippen LogP contribution >= 0.6 is 27.5 Å². The third-order valence-electron chi connectivity index (χ3n) is 4.64. The highest BCUT2D eigenvalue weighted by molar-refractivity contribution is 9.10. The number of carbonyl (C=O) groups excluding carboxylic acids is 2. The number of hydrogen-bond donors (Lipinski definition) is 1. The van der Waals surface area contributed by atoms with Crippen molar-refractivity contribution in [2.24, 2.45) is 0 Å². The van der Waals surface area contributed by atoms with E-state index in [-0.39, 0.29) is 24.2 Å². The maximum absolute atomic E-state index is 13.4. The van der Waals surface area contributed by atoms with Crippen LogP contribution in [0.25, 0.3) is 0 Å². The highest BCUT2D eigenvalue weighted by atomic mass is 79.9. The monoisotopic (exact) mass is 543 g/mol. The predicted octanol–water partition coefficient (Wildman–Crippen LogP) is 3.81. The number of nitrogens with one attached hydrogen (secondary N) is 1. The van der Waals surface area contributed by atoms with Crippen molar-refractivity contribution in [3.05, 3.63) is 63.6 Å². The fourth-order valence-corrected chi connectivity index (χ4v) is 4.31. The Morgan fingerprint density at radius 2 is 1.72 bits per heavy atom. The van der Waals surface area contributed by atoms with Crippen molar-refractivity contribution in [2.45, 2.75) is 39.4 Å². The van der Waals surface area contributed by atoms with Crippen LogP contribution in [0, 0.1) is 0 Å². The maximum Gasteiger partial charge on any atom is 0.244 e. The first-order chi connectivity index (χ1) is 14.9. The molecule has 1 N–H and O–H groups in total. The van der Waals surface area contributed by atoms with E-state index >= 15 is 0 Å². The van der Waals surface area contributed by atoms with Gasteiger partial charge in [0.2, 0.25) is 21.8 Å². The van der Waals surface area contributed by atoms with Crippen molar-refractivity contribution in [3.63, 3.8) is 0 Å². The van der Waals surface area contributed by atoms with E-state index < -0.39 is 28.5 Å². The Labute approximate surface area is 202 Å². The second kappa shape index (κ2) is 11.2. The van der Waals surface area contributed by atoms with Crippen LogP contribution in [0.5, 0.6) is 0 Å². The molecule has 0 saturated carbocycles. The zero-order valence-corrected chi connectivity index (χ0v) is 21.5. The first-order valence-corrected chi connectivity index (χ1v) is 13.0. The third kappa shape index (κ3) is 7.50. The van der Waals surface area contributed by atoms with E-state index in [1.807, 2.05) is 38.1 Å². The summed E-state index contributed by atoms with van der Waals surface area (Å²) < 4.78 is 26.8. The van der Waals surface area contributed by atoms with Gasteiger partial charge in [-0.05, 0) is 56.7 Å². The molecule has 7 nitrogen and oxygen atoms in total. The van der Waals surface area contributed by atoms with E-state index in [0.717, 1.165) is 20.6 Å². The second-order valence-corrected chi connectivity index (χ2v) is 11.0. The van der Waals surface area contributed by atoms with E-state index in [1.54, 1.807) is 25.1 Å². The van der Waals surface area contributed by atoms with Gasteiger partial charge in [-0.1, -0.05) is 45.7 Å². The molecule has 10 heteroatoms. The summed E-state index contributed by atoms with van der Waals surface area (Å²) in [4.78, 5) is 27.4. The Balaban J connectivity index is 2.38. The molecule has 0 bridgehead atoms. The number of amides is 2. The van der Waals surface area contributed by atoms with Crippen LogP contribution in [-0.4, -0.2) is 50.0 Å². The summed E-state index contributed by atoms with van der Waals surface area (Å²) in [6.45, 7) is 4.96. The lowest BCUT2D eigenvalue weighted by Crippen LogP contribution is -2.52. The van der Waals surface area contributed by atoms with Gasteiger partial charge in [0.25, 0.3) is 0 Å². The molecule has 0 aliphatic carbocycles. The first kappa shape index (κ1) is 26.2. The molecular weight excluding hydrogens is 518 g/mol. The van der Waals surface area contributed by atoms with Crippen LogP contribution < -0.4 is 9.62 Å². The molecular formula is C22H27BrClN3O4S. The van der Waals surface area contributed by atoms with Gasteiger partial charge < -0.3 is 10.2 Å². The molecule has 0 saturated heterocycles. The number of hydrogen-bond acceptors (Lipinski definition) is 4. The summed E-state index contributed by atoms with van der Waals surface area (Å²) in [5.74, 6) is -0.830. The van der Waals surface area contributed by atoms with Crippen LogP contribution in [0.1, 0.15) is 26.3 Å². The summed E-state index contributed by atoms with van der Waals surface area (Å²) in [7, 11) is -3.79. The molecule has 0 spiro atoms. The molecule has 0 heterocycles. The standard InChI is InChI=1S/C22H27BrClN3O4S/c1-15(2)25-22(29)16(3)26(13-17-8-10-18(23)11-9-17)21(28)14-27(32(4,30)31)20-7-5-6-19(24)12-20/h5-12,15-16H,13-14H2,1-4H3,(H,25,29). The number of nitrogens with zero attached hydrogens (tertiary/aromatic N) is 2. The number of anilines is 1. The zero-order chi connectivity index (χ0) is 24.1. The van der Waals surface area contributed by atoms with Crippen molar-refractivity contribution in [3.8, 4) is 0 Å². The van der Waals surface area contributed by atoms with Gasteiger partial charge in [0.1, 0.15) is 12.6 Å². The molecule has 0 aliphatic rings. The lowest BCUT2D eigenvalue weighted by Gasteiger charge is -2.32. The fraction of sp³-hybridized carbons (Fsp3) is 0.364. The number of carbonyl (C=O) groups is 2. The van der Waals surface area contributed by atoms with Crippen molar-refractivity contribution in [2.75, 3.05) is 17.1 Å². The van der Waals surface area contributed by atoms with Crippen LogP contribution in [0.2, 0.25) is 5.02 Å². The average Bonchev–Trinajstić information content (AvgIpc) is 2.69. The summed E-state index contributed by atoms with van der Waals surface area (Å²) >= 11 is 9.40. The summed E-state index contributed by atoms with van der Waals surface area (Å²) in [6, 6.07) is 12.7. The van der Waals surface area contributed by atoms with Crippen LogP contribution in [0.15, 0.2) is 53.0 Å². The molecule has 2 amide bonds. The van der Waals surface area contributed by atoms with E-state index in [1.165, 1.54) is 11.0 Å². The third-order valence-corrected chi connectivity index (χ3v) is 6.54. The SMILES string of the molecule is CC(C)NC(=O)C(C)N(Cc1ccc(Br)cc1)C(=O)CN(c1cccc(Cl)c1)S(C)(=O)=O. The van der Waals surface area contributed by atoms with E-state index in [4.69, 9.17) is 11.6 Å². The minimum Gasteiger partial charge on any atom is -0.352 e. The fourth-order valence-electron chi connectivity index (χ4n) is 3.02. The van der Waals surface area contributed by atoms with E-state index in [0.29, 0.717) is 5.02 Å². The lowest BCUT2D eigenvalue weighted by atomic mass is 10.1. The minimum absolute atomic E-state index is 0.103. The van der Waals surface area contributed by atoms with Gasteiger partial charge in [-0.3, -0.25) is 13.9 Å². The molecule has 0 aromatic heterocycles. The van der Waals surface area contributed by atoms with Gasteiger partial charge in [-0.15, -0.1) is 0 Å². The van der Waals surface area contributed by atoms with Gasteiger partial charge in [0.05, 0.1) is 11.9 Å². The molecule has 1 unspecified atom stereocenters. The topological polar surface area (TPSA) is 86.8 Å². The lowest BCUT2D eigenvalue weighted by molar-refractivity contribution is -0.139. The molecule has 2 aromatic rings. The van der Waals surface area contributed by atoms with Gasteiger partial charge in [0.15, 0.2) is 0 Å². The van der Waals surface area contributed by atoms with Crippen LogP contribution in [-0.2, 0) is 26.2 Å². The van der Waals surface area contributed by atoms with Crippen molar-refractivity contribution < 1.29 is 18.0 Å². The van der Waals surface area contributed by atoms with Gasteiger partial charge in [0, 0.05) is 22.1 Å². The smallest absolute Gasteiger partial charge is 0.244 e. The molecule has 0 aliphatic heterocycles. The Hall–Kier alpha value is -2.10. The van der Waals surface area contributed by atoms with Crippen LogP contribution in [0.3, 0.4) is 0 Å². The van der Waals surface area contributed by atoms with Gasteiger partial charge in [-0.2, -0.15) is 0 Å². The molecule has 0 radical (unpaired) electrons. The van der Waals surface area contributed by atoms with Crippen molar-refractivity contribution in [1.29, 1.82) is 0 Å². The van der Waals surface area contributed by atoms with Crippen molar-refractivity contribution in [1.82, 2.24) is 10.2 Å². The van der Waals surface area contributed by atoms with Gasteiger partial charge in [-0.25, -0.2) is 8.42 Å². The van der Waals surface area contributed by atoms with Crippen LogP contribution in [0.4, 0.5) is 5.69 Å². The number of benzene rings is 2. The van der Waals surface area contributed by atoms with Gasteiger partial charge >= 0.3 is 0 Å². The molecule has 1 atom stereocenters. The Bertz CT molecular complexity index is 1060. The van der Waals surface area contributed by atoms with E-state index in [2.05, 4.69) is 21.2 Å². The predicted molar refractivity (Wildman–Crippen MR) is 131 cm³/mol. The second-order valence-electron chi connectivity index (χ2n) is 7.74. The summed E-state index contributed by atoms with van der Waals surface area (Å²) in [5, 5.41) is 3.15. The zero-order valence-electron chi connectivity index (χ0n) is 18.4. The normalized spacial score (nSPS) is 12.3. The average molecular weight is 545 g/mol. The van der Waals surface area contributed by atoms with Crippen molar-refractivity contribution >= 4 is 55.1 Å². The number of sulfonamides is 1. The molecule has 2 rings (SSSR count). The molecule has 174 valence electrons. The molecule has 0 fully saturated rings. The summed E-state index contributed by atoms with van der Waals surface area (Å²) in [6.07, 6.45) is 1.02. The highest BCUT2D eigenvalue weighted by Gasteiger charge is 2.30. The maximum atomic E-state index is 13.4. The Morgan fingerprint density at radius 1 is 1.09 bits per heavy atom. The first-order valence-electron chi connectivity index (χ1n) is 9.96. The Kier molecular flexibility index (Phi) is 9.12. The largest absolute Gasteiger partial charge is 0.352 e. The molecule has 32 heavy (non-hydrogen) atoms. The van der Waals surface area contributed by atoms with E-state index in [9.17, 15) is 18.0 Å². The number of halogens is 2.